The van der Waals surface area contributed by atoms with E-state index in [2.05, 4.69) is 18.3 Å². The summed E-state index contributed by atoms with van der Waals surface area (Å²) >= 11 is 1.64. The molecule has 0 aromatic carbocycles. The molecule has 2 nitrogen and oxygen atoms in total. The second-order valence-corrected chi connectivity index (χ2v) is 4.16. The lowest BCUT2D eigenvalue weighted by atomic mass is 10.0. The summed E-state index contributed by atoms with van der Waals surface area (Å²) in [6, 6.07) is 4.63. The largest absolute Gasteiger partial charge is 0.310 e. The van der Waals surface area contributed by atoms with Crippen LogP contribution in [0.4, 0.5) is 0 Å². The van der Waals surface area contributed by atoms with Gasteiger partial charge in [-0.2, -0.15) is 5.26 Å². The highest BCUT2D eigenvalue weighted by atomic mass is 32.1. The molecule has 2 heterocycles. The molecule has 0 spiro atoms. The molecule has 1 aliphatic rings. The maximum Gasteiger partial charge on any atom is 0.110 e. The average Bonchev–Trinajstić information content (AvgIpc) is 2.49. The number of thiophene rings is 1. The minimum atomic E-state index is 0.423. The number of nitrogens with zero attached hydrogens (tertiary/aromatic N) is 1. The van der Waals surface area contributed by atoms with E-state index in [0.717, 1.165) is 17.8 Å². The normalized spacial score (nSPS) is 21.5. The molecule has 1 aromatic heterocycles. The third-order valence-electron chi connectivity index (χ3n) is 2.22. The first-order valence-electron chi connectivity index (χ1n) is 4.07. The highest BCUT2D eigenvalue weighted by Gasteiger charge is 2.18. The van der Waals surface area contributed by atoms with Gasteiger partial charge < -0.3 is 5.32 Å². The van der Waals surface area contributed by atoms with Crippen molar-refractivity contribution in [3.8, 4) is 6.07 Å². The molecule has 12 heavy (non-hydrogen) atoms. The minimum absolute atomic E-state index is 0.423. The van der Waals surface area contributed by atoms with Gasteiger partial charge in [-0.15, -0.1) is 11.3 Å². The van der Waals surface area contributed by atoms with Gasteiger partial charge in [-0.25, -0.2) is 0 Å². The first kappa shape index (κ1) is 7.78. The number of nitrogens with one attached hydrogen (secondary N) is 1. The zero-order valence-electron chi connectivity index (χ0n) is 6.92. The summed E-state index contributed by atoms with van der Waals surface area (Å²) < 4.78 is 0. The van der Waals surface area contributed by atoms with Gasteiger partial charge in [0.15, 0.2) is 0 Å². The SMILES string of the molecule is C[C@@H]1NCCc2sc(C#N)cc21. The third kappa shape index (κ3) is 1.13. The first-order valence-corrected chi connectivity index (χ1v) is 4.89. The highest BCUT2D eigenvalue weighted by molar-refractivity contribution is 7.12. The summed E-state index contributed by atoms with van der Waals surface area (Å²) in [7, 11) is 0. The zero-order valence-corrected chi connectivity index (χ0v) is 7.74. The van der Waals surface area contributed by atoms with Gasteiger partial charge in [-0.1, -0.05) is 0 Å². The molecule has 0 saturated carbocycles. The lowest BCUT2D eigenvalue weighted by molar-refractivity contribution is 0.547. The summed E-state index contributed by atoms with van der Waals surface area (Å²) in [6.45, 7) is 3.19. The van der Waals surface area contributed by atoms with Crippen LogP contribution in [0.25, 0.3) is 0 Å². The van der Waals surface area contributed by atoms with Crippen molar-refractivity contribution in [2.45, 2.75) is 19.4 Å². The van der Waals surface area contributed by atoms with Gasteiger partial charge in [0.1, 0.15) is 10.9 Å². The summed E-state index contributed by atoms with van der Waals surface area (Å²) in [6.07, 6.45) is 1.08. The van der Waals surface area contributed by atoms with E-state index in [-0.39, 0.29) is 0 Å². The van der Waals surface area contributed by atoms with E-state index < -0.39 is 0 Å². The summed E-state index contributed by atoms with van der Waals surface area (Å²) in [5, 5.41) is 12.1. The fourth-order valence-electron chi connectivity index (χ4n) is 1.57. The van der Waals surface area contributed by atoms with Gasteiger partial charge in [0.2, 0.25) is 0 Å². The Labute approximate surface area is 75.8 Å². The van der Waals surface area contributed by atoms with Crippen molar-refractivity contribution in [2.24, 2.45) is 0 Å². The highest BCUT2D eigenvalue weighted by Crippen LogP contribution is 2.29. The van der Waals surface area contributed by atoms with Crippen LogP contribution in [0, 0.1) is 11.3 Å². The molecule has 0 bridgehead atoms. The van der Waals surface area contributed by atoms with Crippen LogP contribution in [-0.2, 0) is 6.42 Å². The van der Waals surface area contributed by atoms with Gasteiger partial charge in [0, 0.05) is 17.5 Å². The van der Waals surface area contributed by atoms with Crippen LogP contribution in [0.5, 0.6) is 0 Å². The van der Waals surface area contributed by atoms with Crippen molar-refractivity contribution in [1.82, 2.24) is 5.32 Å². The predicted octanol–water partition coefficient (Wildman–Crippen LogP) is 1.83. The van der Waals surface area contributed by atoms with Crippen LogP contribution < -0.4 is 5.32 Å². The Morgan fingerprint density at radius 2 is 2.58 bits per heavy atom. The zero-order chi connectivity index (χ0) is 8.55. The smallest absolute Gasteiger partial charge is 0.110 e. The quantitative estimate of drug-likeness (QED) is 0.658. The fraction of sp³-hybridized carbons (Fsp3) is 0.444. The second-order valence-electron chi connectivity index (χ2n) is 3.03. The van der Waals surface area contributed by atoms with Crippen LogP contribution in [-0.4, -0.2) is 6.54 Å². The maximum absolute atomic E-state index is 8.71. The first-order chi connectivity index (χ1) is 5.81. The van der Waals surface area contributed by atoms with Crippen molar-refractivity contribution in [3.63, 3.8) is 0 Å². The number of hydrogen-bond donors (Lipinski definition) is 1. The van der Waals surface area contributed by atoms with Crippen LogP contribution in [0.3, 0.4) is 0 Å². The van der Waals surface area contributed by atoms with Crippen molar-refractivity contribution < 1.29 is 0 Å². The molecule has 62 valence electrons. The van der Waals surface area contributed by atoms with Crippen LogP contribution >= 0.6 is 11.3 Å². The molecule has 0 fully saturated rings. The minimum Gasteiger partial charge on any atom is -0.310 e. The number of hydrogen-bond acceptors (Lipinski definition) is 3. The van der Waals surface area contributed by atoms with E-state index in [9.17, 15) is 0 Å². The maximum atomic E-state index is 8.71. The molecule has 1 aliphatic heterocycles. The molecule has 0 unspecified atom stereocenters. The Kier molecular flexibility index (Phi) is 1.87. The van der Waals surface area contributed by atoms with Crippen LogP contribution in [0.15, 0.2) is 6.07 Å². The van der Waals surface area contributed by atoms with E-state index in [1.165, 1.54) is 10.4 Å². The molecular formula is C9H10N2S. The summed E-state index contributed by atoms with van der Waals surface area (Å²) in [5.74, 6) is 0. The summed E-state index contributed by atoms with van der Waals surface area (Å²) in [5.41, 5.74) is 1.32. The van der Waals surface area contributed by atoms with E-state index in [1.807, 2.05) is 6.07 Å². The lowest BCUT2D eigenvalue weighted by Gasteiger charge is -2.19. The van der Waals surface area contributed by atoms with Crippen molar-refractivity contribution >= 4 is 11.3 Å². The number of fused-ring (bicyclic) bond motifs is 1. The molecule has 3 heteroatoms. The Hall–Kier alpha value is -0.850. The van der Waals surface area contributed by atoms with E-state index in [0.29, 0.717) is 6.04 Å². The summed E-state index contributed by atoms with van der Waals surface area (Å²) in [4.78, 5) is 2.23. The van der Waals surface area contributed by atoms with Crippen molar-refractivity contribution in [1.29, 1.82) is 5.26 Å². The van der Waals surface area contributed by atoms with E-state index in [1.54, 1.807) is 11.3 Å². The van der Waals surface area contributed by atoms with Gasteiger partial charge >= 0.3 is 0 Å². The Morgan fingerprint density at radius 1 is 1.75 bits per heavy atom. The molecular weight excluding hydrogens is 168 g/mol. The Morgan fingerprint density at radius 3 is 3.25 bits per heavy atom. The third-order valence-corrected chi connectivity index (χ3v) is 3.34. The molecule has 1 atom stereocenters. The molecule has 1 aromatic rings. The van der Waals surface area contributed by atoms with E-state index >= 15 is 0 Å². The van der Waals surface area contributed by atoms with Gasteiger partial charge in [0.25, 0.3) is 0 Å². The predicted molar refractivity (Wildman–Crippen MR) is 49.2 cm³/mol. The van der Waals surface area contributed by atoms with Crippen LogP contribution in [0.1, 0.15) is 28.3 Å². The molecule has 1 N–H and O–H groups in total. The second kappa shape index (κ2) is 2.89. The topological polar surface area (TPSA) is 35.8 Å². The van der Waals surface area contributed by atoms with Gasteiger partial charge in [-0.3, -0.25) is 0 Å². The Balaban J connectivity index is 2.45. The number of rotatable bonds is 0. The van der Waals surface area contributed by atoms with Crippen molar-refractivity contribution in [3.05, 3.63) is 21.4 Å². The molecule has 2 rings (SSSR count). The fourth-order valence-corrected chi connectivity index (χ4v) is 2.63. The monoisotopic (exact) mass is 178 g/mol. The molecule has 0 radical (unpaired) electrons. The molecule has 0 amide bonds. The standard InChI is InChI=1S/C9H10N2S/c1-6-8-4-7(5-10)12-9(8)2-3-11-6/h4,6,11H,2-3H2,1H3/t6-/m0/s1. The van der Waals surface area contributed by atoms with Gasteiger partial charge in [0.05, 0.1) is 0 Å². The van der Waals surface area contributed by atoms with Crippen molar-refractivity contribution in [2.75, 3.05) is 6.54 Å². The van der Waals surface area contributed by atoms with Crippen LogP contribution in [0.2, 0.25) is 0 Å². The number of nitriles is 1. The Bertz CT molecular complexity index is 335. The lowest BCUT2D eigenvalue weighted by Crippen LogP contribution is -2.26. The van der Waals surface area contributed by atoms with Gasteiger partial charge in [-0.05, 0) is 25.0 Å². The molecule has 0 aliphatic carbocycles. The van der Waals surface area contributed by atoms with E-state index in [4.69, 9.17) is 5.26 Å². The molecule has 0 saturated heterocycles. The average molecular weight is 178 g/mol.